The molecule has 1 saturated carbocycles. The molecule has 1 N–H and O–H groups in total. The van der Waals surface area contributed by atoms with Gasteiger partial charge < -0.3 is 14.8 Å². The predicted octanol–water partition coefficient (Wildman–Crippen LogP) is 2.88. The van der Waals surface area contributed by atoms with E-state index in [1.807, 2.05) is 0 Å². The summed E-state index contributed by atoms with van der Waals surface area (Å²) in [5.41, 5.74) is 0.200. The number of benzene rings is 1. The molecular formula is C16H16FNO4. The fourth-order valence-electron chi connectivity index (χ4n) is 2.70. The molecule has 1 aromatic carbocycles. The fourth-order valence-corrected chi connectivity index (χ4v) is 2.70. The number of anilines is 1. The summed E-state index contributed by atoms with van der Waals surface area (Å²) < 4.78 is 23.8. The minimum absolute atomic E-state index is 0.222. The third kappa shape index (κ3) is 2.95. The van der Waals surface area contributed by atoms with Crippen molar-refractivity contribution < 1.29 is 23.5 Å². The van der Waals surface area contributed by atoms with Gasteiger partial charge in [-0.05, 0) is 31.0 Å². The second-order valence-electron chi connectivity index (χ2n) is 5.46. The van der Waals surface area contributed by atoms with E-state index in [1.165, 1.54) is 24.4 Å². The SMILES string of the molecule is O=C1OC2(CCCCC2)OC(=O)C1=CNc1cccc(F)c1. The average Bonchev–Trinajstić information content (AvgIpc) is 2.47. The van der Waals surface area contributed by atoms with Crippen LogP contribution in [-0.2, 0) is 19.1 Å². The first-order valence-corrected chi connectivity index (χ1v) is 7.27. The lowest BCUT2D eigenvalue weighted by molar-refractivity contribution is -0.244. The number of rotatable bonds is 2. The Hall–Kier alpha value is -2.37. The summed E-state index contributed by atoms with van der Waals surface area (Å²) in [5.74, 6) is -2.93. The first-order valence-electron chi connectivity index (χ1n) is 7.27. The van der Waals surface area contributed by atoms with E-state index in [0.29, 0.717) is 18.5 Å². The van der Waals surface area contributed by atoms with Crippen molar-refractivity contribution in [1.29, 1.82) is 0 Å². The molecule has 0 unspecified atom stereocenters. The normalized spacial score (nSPS) is 20.3. The highest BCUT2D eigenvalue weighted by molar-refractivity contribution is 6.15. The molecule has 0 amide bonds. The molecule has 0 atom stereocenters. The van der Waals surface area contributed by atoms with E-state index in [9.17, 15) is 14.0 Å². The van der Waals surface area contributed by atoms with Crippen LogP contribution in [-0.4, -0.2) is 17.7 Å². The van der Waals surface area contributed by atoms with Gasteiger partial charge in [-0.3, -0.25) is 0 Å². The van der Waals surface area contributed by atoms with Crippen molar-refractivity contribution in [1.82, 2.24) is 0 Å². The maximum Gasteiger partial charge on any atom is 0.350 e. The Morgan fingerprint density at radius 3 is 2.41 bits per heavy atom. The zero-order chi connectivity index (χ0) is 15.6. The van der Waals surface area contributed by atoms with Gasteiger partial charge in [-0.15, -0.1) is 0 Å². The number of carbonyl (C=O) groups is 2. The molecule has 116 valence electrons. The maximum atomic E-state index is 13.1. The summed E-state index contributed by atoms with van der Waals surface area (Å²) in [4.78, 5) is 24.1. The van der Waals surface area contributed by atoms with Gasteiger partial charge in [0.25, 0.3) is 5.79 Å². The van der Waals surface area contributed by atoms with Crippen LogP contribution in [0.2, 0.25) is 0 Å². The Morgan fingerprint density at radius 1 is 1.09 bits per heavy atom. The third-order valence-electron chi connectivity index (χ3n) is 3.82. The standard InChI is InChI=1S/C16H16FNO4/c17-11-5-4-6-12(9-11)18-10-13-14(19)21-16(22-15(13)20)7-2-1-3-8-16/h4-6,9-10,18H,1-3,7-8H2. The Morgan fingerprint density at radius 2 is 1.77 bits per heavy atom. The fraction of sp³-hybridized carbons (Fsp3) is 0.375. The van der Waals surface area contributed by atoms with Crippen LogP contribution in [0, 0.1) is 5.82 Å². The second kappa shape index (κ2) is 5.79. The number of hydrogen-bond donors (Lipinski definition) is 1. The van der Waals surface area contributed by atoms with Crippen LogP contribution in [0.3, 0.4) is 0 Å². The molecule has 0 radical (unpaired) electrons. The lowest BCUT2D eigenvalue weighted by atomic mass is 9.93. The topological polar surface area (TPSA) is 64.6 Å². The van der Waals surface area contributed by atoms with Crippen molar-refractivity contribution in [2.75, 3.05) is 5.32 Å². The number of hydrogen-bond acceptors (Lipinski definition) is 5. The summed E-state index contributed by atoms with van der Waals surface area (Å²) in [6.45, 7) is 0. The van der Waals surface area contributed by atoms with Gasteiger partial charge in [0.15, 0.2) is 5.57 Å². The summed E-state index contributed by atoms with van der Waals surface area (Å²) >= 11 is 0. The molecular weight excluding hydrogens is 289 g/mol. The van der Waals surface area contributed by atoms with E-state index in [-0.39, 0.29) is 5.57 Å². The van der Waals surface area contributed by atoms with E-state index in [2.05, 4.69) is 5.32 Å². The maximum absolute atomic E-state index is 13.1. The van der Waals surface area contributed by atoms with Crippen molar-refractivity contribution in [3.8, 4) is 0 Å². The molecule has 1 aromatic rings. The van der Waals surface area contributed by atoms with Crippen LogP contribution in [0.5, 0.6) is 0 Å². The first kappa shape index (κ1) is 14.6. The van der Waals surface area contributed by atoms with Crippen molar-refractivity contribution in [3.05, 3.63) is 41.9 Å². The Kier molecular flexibility index (Phi) is 3.83. The summed E-state index contributed by atoms with van der Waals surface area (Å²) in [5, 5.41) is 2.70. The highest BCUT2D eigenvalue weighted by Crippen LogP contribution is 2.36. The Bertz CT molecular complexity index is 613. The molecule has 1 heterocycles. The summed E-state index contributed by atoms with van der Waals surface area (Å²) in [7, 11) is 0. The molecule has 22 heavy (non-hydrogen) atoms. The van der Waals surface area contributed by atoms with E-state index in [0.717, 1.165) is 19.3 Å². The zero-order valence-corrected chi connectivity index (χ0v) is 11.9. The molecule has 2 fully saturated rings. The molecule has 1 aliphatic carbocycles. The van der Waals surface area contributed by atoms with Gasteiger partial charge in [0.05, 0.1) is 0 Å². The van der Waals surface area contributed by atoms with Crippen molar-refractivity contribution in [2.24, 2.45) is 0 Å². The molecule has 1 saturated heterocycles. The third-order valence-corrected chi connectivity index (χ3v) is 3.82. The van der Waals surface area contributed by atoms with Crippen LogP contribution in [0.4, 0.5) is 10.1 Å². The molecule has 1 spiro atoms. The van der Waals surface area contributed by atoms with Gasteiger partial charge in [-0.1, -0.05) is 12.5 Å². The van der Waals surface area contributed by atoms with Crippen LogP contribution in [0.1, 0.15) is 32.1 Å². The lowest BCUT2D eigenvalue weighted by Crippen LogP contribution is -2.47. The lowest BCUT2D eigenvalue weighted by Gasteiger charge is -2.38. The Labute approximate surface area is 127 Å². The average molecular weight is 305 g/mol. The van der Waals surface area contributed by atoms with Crippen LogP contribution < -0.4 is 5.32 Å². The molecule has 3 rings (SSSR count). The highest BCUT2D eigenvalue weighted by Gasteiger charge is 2.46. The quantitative estimate of drug-likeness (QED) is 0.517. The van der Waals surface area contributed by atoms with Gasteiger partial charge in [0.2, 0.25) is 0 Å². The number of carbonyl (C=O) groups excluding carboxylic acids is 2. The van der Waals surface area contributed by atoms with Crippen molar-refractivity contribution in [2.45, 2.75) is 37.9 Å². The van der Waals surface area contributed by atoms with Gasteiger partial charge in [-0.25, -0.2) is 14.0 Å². The predicted molar refractivity (Wildman–Crippen MR) is 76.1 cm³/mol. The van der Waals surface area contributed by atoms with Gasteiger partial charge in [0.1, 0.15) is 5.82 Å². The van der Waals surface area contributed by atoms with E-state index >= 15 is 0 Å². The number of esters is 2. The molecule has 2 aliphatic rings. The number of halogens is 1. The van der Waals surface area contributed by atoms with Crippen LogP contribution in [0.25, 0.3) is 0 Å². The summed E-state index contributed by atoms with van der Waals surface area (Å²) in [6, 6.07) is 5.68. The first-order chi connectivity index (χ1) is 10.6. The highest BCUT2D eigenvalue weighted by atomic mass is 19.1. The van der Waals surface area contributed by atoms with Crippen molar-refractivity contribution in [3.63, 3.8) is 0 Å². The smallest absolute Gasteiger partial charge is 0.350 e. The van der Waals surface area contributed by atoms with E-state index in [4.69, 9.17) is 9.47 Å². The van der Waals surface area contributed by atoms with Crippen LogP contribution >= 0.6 is 0 Å². The zero-order valence-electron chi connectivity index (χ0n) is 11.9. The number of nitrogens with one attached hydrogen (secondary N) is 1. The monoisotopic (exact) mass is 305 g/mol. The minimum Gasteiger partial charge on any atom is -0.419 e. The minimum atomic E-state index is -1.09. The van der Waals surface area contributed by atoms with Crippen molar-refractivity contribution >= 4 is 17.6 Å². The van der Waals surface area contributed by atoms with Gasteiger partial charge in [0, 0.05) is 24.7 Å². The van der Waals surface area contributed by atoms with Gasteiger partial charge >= 0.3 is 11.9 Å². The molecule has 0 aromatic heterocycles. The number of ether oxygens (including phenoxy) is 2. The van der Waals surface area contributed by atoms with E-state index in [1.54, 1.807) is 6.07 Å². The molecule has 5 nitrogen and oxygen atoms in total. The van der Waals surface area contributed by atoms with Crippen LogP contribution in [0.15, 0.2) is 36.0 Å². The molecule has 6 heteroatoms. The molecule has 1 aliphatic heterocycles. The van der Waals surface area contributed by atoms with E-state index < -0.39 is 23.5 Å². The largest absolute Gasteiger partial charge is 0.419 e. The molecule has 0 bridgehead atoms. The Balaban J connectivity index is 1.73. The van der Waals surface area contributed by atoms with Gasteiger partial charge in [-0.2, -0.15) is 0 Å². The second-order valence-corrected chi connectivity index (χ2v) is 5.46. The summed E-state index contributed by atoms with van der Waals surface area (Å²) in [6.07, 6.45) is 5.03.